The molecule has 0 unspecified atom stereocenters. The van der Waals surface area contributed by atoms with E-state index in [1.54, 1.807) is 23.9 Å². The molecular weight excluding hydrogens is 304 g/mol. The van der Waals surface area contributed by atoms with Crippen molar-refractivity contribution >= 4 is 33.4 Å². The van der Waals surface area contributed by atoms with Crippen LogP contribution in [0.3, 0.4) is 0 Å². The lowest BCUT2D eigenvalue weighted by atomic mass is 10.2. The second-order valence-electron chi connectivity index (χ2n) is 4.04. The van der Waals surface area contributed by atoms with Crippen molar-refractivity contribution in [1.82, 2.24) is 10.0 Å². The molecule has 0 spiro atoms. The quantitative estimate of drug-likeness (QED) is 0.720. The van der Waals surface area contributed by atoms with Gasteiger partial charge in [-0.05, 0) is 43.2 Å². The van der Waals surface area contributed by atoms with Gasteiger partial charge in [0.2, 0.25) is 10.0 Å². The fraction of sp³-hybridized carbons (Fsp3) is 0.500. The summed E-state index contributed by atoms with van der Waals surface area (Å²) >= 11 is 7.67. The van der Waals surface area contributed by atoms with Crippen LogP contribution in [0.5, 0.6) is 0 Å². The summed E-state index contributed by atoms with van der Waals surface area (Å²) in [6.07, 6.45) is 2.79. The van der Waals surface area contributed by atoms with Gasteiger partial charge < -0.3 is 5.32 Å². The zero-order valence-corrected chi connectivity index (χ0v) is 13.5. The summed E-state index contributed by atoms with van der Waals surface area (Å²) in [6, 6.07) is 5.03. The molecule has 19 heavy (non-hydrogen) atoms. The predicted molar refractivity (Wildman–Crippen MR) is 82.4 cm³/mol. The molecule has 4 nitrogen and oxygen atoms in total. The maximum atomic E-state index is 12.1. The van der Waals surface area contributed by atoms with E-state index in [0.717, 1.165) is 17.7 Å². The van der Waals surface area contributed by atoms with Gasteiger partial charge in [-0.25, -0.2) is 13.1 Å². The van der Waals surface area contributed by atoms with Gasteiger partial charge in [-0.15, -0.1) is 0 Å². The van der Waals surface area contributed by atoms with E-state index in [-0.39, 0.29) is 9.92 Å². The number of halogens is 1. The summed E-state index contributed by atoms with van der Waals surface area (Å²) in [4.78, 5) is 0.145. The van der Waals surface area contributed by atoms with Crippen LogP contribution in [0.2, 0.25) is 5.02 Å². The molecule has 0 fully saturated rings. The number of sulfonamides is 1. The molecule has 7 heteroatoms. The van der Waals surface area contributed by atoms with Crippen LogP contribution in [0.4, 0.5) is 0 Å². The molecule has 1 aromatic carbocycles. The van der Waals surface area contributed by atoms with Crippen molar-refractivity contribution in [3.05, 3.63) is 28.8 Å². The van der Waals surface area contributed by atoms with Crippen LogP contribution in [0, 0.1) is 0 Å². The SMILES string of the molecule is CNCc1ccc(Cl)c(S(=O)(=O)NCCCSC)c1. The highest BCUT2D eigenvalue weighted by Crippen LogP contribution is 2.22. The minimum Gasteiger partial charge on any atom is -0.316 e. The average Bonchev–Trinajstić information content (AvgIpc) is 2.37. The zero-order chi connectivity index (χ0) is 14.3. The van der Waals surface area contributed by atoms with Gasteiger partial charge in [-0.3, -0.25) is 0 Å². The summed E-state index contributed by atoms with van der Waals surface area (Å²) < 4.78 is 26.9. The molecule has 0 bridgehead atoms. The van der Waals surface area contributed by atoms with E-state index in [2.05, 4.69) is 10.0 Å². The van der Waals surface area contributed by atoms with E-state index < -0.39 is 10.0 Å². The van der Waals surface area contributed by atoms with Crippen LogP contribution in [0.1, 0.15) is 12.0 Å². The minimum atomic E-state index is -3.53. The van der Waals surface area contributed by atoms with Crippen molar-refractivity contribution in [2.75, 3.05) is 25.6 Å². The molecule has 2 N–H and O–H groups in total. The third kappa shape index (κ3) is 5.31. The lowest BCUT2D eigenvalue weighted by Crippen LogP contribution is -2.25. The number of hydrogen-bond acceptors (Lipinski definition) is 4. The molecular formula is C12H19ClN2O2S2. The van der Waals surface area contributed by atoms with Crippen LogP contribution in [-0.4, -0.2) is 34.0 Å². The van der Waals surface area contributed by atoms with Gasteiger partial charge in [-0.1, -0.05) is 17.7 Å². The molecule has 0 aliphatic rings. The molecule has 0 heterocycles. The van der Waals surface area contributed by atoms with Crippen molar-refractivity contribution in [3.8, 4) is 0 Å². The number of thioether (sulfide) groups is 1. The molecule has 0 saturated carbocycles. The third-order valence-electron chi connectivity index (χ3n) is 2.48. The largest absolute Gasteiger partial charge is 0.316 e. The van der Waals surface area contributed by atoms with Gasteiger partial charge in [0.25, 0.3) is 0 Å². The topological polar surface area (TPSA) is 58.2 Å². The van der Waals surface area contributed by atoms with E-state index in [0.29, 0.717) is 13.1 Å². The van der Waals surface area contributed by atoms with Crippen LogP contribution >= 0.6 is 23.4 Å². The molecule has 0 aromatic heterocycles. The summed E-state index contributed by atoms with van der Waals surface area (Å²) in [6.45, 7) is 1.03. The van der Waals surface area contributed by atoms with Gasteiger partial charge in [0.05, 0.1) is 5.02 Å². The minimum absolute atomic E-state index is 0.145. The van der Waals surface area contributed by atoms with E-state index >= 15 is 0 Å². The Bertz CT molecular complexity index is 506. The van der Waals surface area contributed by atoms with Crippen LogP contribution in [0.25, 0.3) is 0 Å². The van der Waals surface area contributed by atoms with Crippen LogP contribution in [-0.2, 0) is 16.6 Å². The normalized spacial score (nSPS) is 11.7. The van der Waals surface area contributed by atoms with E-state index in [9.17, 15) is 8.42 Å². The maximum Gasteiger partial charge on any atom is 0.242 e. The molecule has 1 rings (SSSR count). The van der Waals surface area contributed by atoms with Crippen molar-refractivity contribution < 1.29 is 8.42 Å². The summed E-state index contributed by atoms with van der Waals surface area (Å²) in [5, 5.41) is 3.23. The van der Waals surface area contributed by atoms with Crippen molar-refractivity contribution in [2.24, 2.45) is 0 Å². The molecule has 0 amide bonds. The summed E-state index contributed by atoms with van der Waals surface area (Å²) in [5.41, 5.74) is 0.886. The number of benzene rings is 1. The molecule has 0 atom stereocenters. The van der Waals surface area contributed by atoms with Gasteiger partial charge in [0.1, 0.15) is 4.90 Å². The fourth-order valence-corrected chi connectivity index (χ4v) is 3.62. The van der Waals surface area contributed by atoms with Gasteiger partial charge in [0.15, 0.2) is 0 Å². The number of nitrogens with one attached hydrogen (secondary N) is 2. The molecule has 0 aliphatic carbocycles. The van der Waals surface area contributed by atoms with E-state index in [1.165, 1.54) is 0 Å². The van der Waals surface area contributed by atoms with Gasteiger partial charge in [-0.2, -0.15) is 11.8 Å². The second-order valence-corrected chi connectivity index (χ2v) is 7.17. The second kappa shape index (κ2) is 8.11. The standard InChI is InChI=1S/C12H19ClN2O2S2/c1-14-9-10-4-5-11(13)12(8-10)19(16,17)15-6-3-7-18-2/h4-5,8,14-15H,3,6-7,9H2,1-2H3. The predicted octanol–water partition coefficient (Wildman–Crippen LogP) is 2.09. The highest BCUT2D eigenvalue weighted by atomic mass is 35.5. The lowest BCUT2D eigenvalue weighted by molar-refractivity contribution is 0.581. The Hall–Kier alpha value is -0.270. The summed E-state index contributed by atoms with van der Waals surface area (Å²) in [5.74, 6) is 0.927. The average molecular weight is 323 g/mol. The van der Waals surface area contributed by atoms with Crippen molar-refractivity contribution in [2.45, 2.75) is 17.9 Å². The molecule has 1 aromatic rings. The highest BCUT2D eigenvalue weighted by Gasteiger charge is 2.17. The summed E-state index contributed by atoms with van der Waals surface area (Å²) in [7, 11) is -1.72. The Labute approximate surface area is 124 Å². The number of hydrogen-bond donors (Lipinski definition) is 2. The molecule has 0 radical (unpaired) electrons. The van der Waals surface area contributed by atoms with Crippen molar-refractivity contribution in [3.63, 3.8) is 0 Å². The molecule has 108 valence electrons. The first-order valence-corrected chi connectivity index (χ1v) is 9.18. The Morgan fingerprint density at radius 1 is 1.37 bits per heavy atom. The van der Waals surface area contributed by atoms with Crippen LogP contribution < -0.4 is 10.0 Å². The van der Waals surface area contributed by atoms with Gasteiger partial charge >= 0.3 is 0 Å². The smallest absolute Gasteiger partial charge is 0.242 e. The third-order valence-corrected chi connectivity index (χ3v) is 5.12. The van der Waals surface area contributed by atoms with E-state index in [4.69, 9.17) is 11.6 Å². The Kier molecular flexibility index (Phi) is 7.17. The maximum absolute atomic E-state index is 12.1. The monoisotopic (exact) mass is 322 g/mol. The van der Waals surface area contributed by atoms with Crippen molar-refractivity contribution in [1.29, 1.82) is 0 Å². The Morgan fingerprint density at radius 2 is 2.11 bits per heavy atom. The lowest BCUT2D eigenvalue weighted by Gasteiger charge is -2.10. The van der Waals surface area contributed by atoms with E-state index in [1.807, 2.05) is 19.4 Å². The Morgan fingerprint density at radius 3 is 2.74 bits per heavy atom. The zero-order valence-electron chi connectivity index (χ0n) is 11.1. The first-order valence-electron chi connectivity index (χ1n) is 5.93. The number of rotatable bonds is 8. The highest BCUT2D eigenvalue weighted by molar-refractivity contribution is 7.98. The van der Waals surface area contributed by atoms with Crippen LogP contribution in [0.15, 0.2) is 23.1 Å². The first-order chi connectivity index (χ1) is 9.01. The first kappa shape index (κ1) is 16.8. The molecule has 0 aliphatic heterocycles. The Balaban J connectivity index is 2.84. The van der Waals surface area contributed by atoms with Gasteiger partial charge in [0, 0.05) is 13.1 Å². The molecule has 0 saturated heterocycles. The fourth-order valence-electron chi connectivity index (χ4n) is 1.57.